The van der Waals surface area contributed by atoms with Crippen LogP contribution in [0.25, 0.3) is 0 Å². The molecule has 0 fully saturated rings. The van der Waals surface area contributed by atoms with Crippen molar-refractivity contribution in [2.45, 2.75) is 39.8 Å². The number of benzene rings is 1. The van der Waals surface area contributed by atoms with E-state index in [2.05, 4.69) is 0 Å². The molecule has 0 atom stereocenters. The molecule has 1 heterocycles. The summed E-state index contributed by atoms with van der Waals surface area (Å²) in [6.07, 6.45) is 1.65. The Bertz CT molecular complexity index is 558. The van der Waals surface area contributed by atoms with Gasteiger partial charge in [-0.2, -0.15) is 0 Å². The summed E-state index contributed by atoms with van der Waals surface area (Å²) in [5.74, 6) is 0.711. The molecular formula is C16H22N2O2. The lowest BCUT2D eigenvalue weighted by Gasteiger charge is -2.39. The van der Waals surface area contributed by atoms with Crippen molar-refractivity contribution >= 4 is 11.6 Å². The quantitative estimate of drug-likeness (QED) is 0.843. The fourth-order valence-electron chi connectivity index (χ4n) is 2.31. The Morgan fingerprint density at radius 2 is 2.15 bits per heavy atom. The summed E-state index contributed by atoms with van der Waals surface area (Å²) >= 11 is 0. The fraction of sp³-hybridized carbons (Fsp3) is 0.438. The Morgan fingerprint density at radius 1 is 1.45 bits per heavy atom. The monoisotopic (exact) mass is 274 g/mol. The predicted molar refractivity (Wildman–Crippen MR) is 80.8 cm³/mol. The van der Waals surface area contributed by atoms with Gasteiger partial charge in [0.1, 0.15) is 11.4 Å². The molecule has 0 bridgehead atoms. The zero-order chi connectivity index (χ0) is 14.9. The third kappa shape index (κ3) is 3.02. The molecular weight excluding hydrogens is 252 g/mol. The molecule has 0 saturated heterocycles. The summed E-state index contributed by atoms with van der Waals surface area (Å²) < 4.78 is 5.98. The summed E-state index contributed by atoms with van der Waals surface area (Å²) in [7, 11) is 0. The van der Waals surface area contributed by atoms with E-state index in [-0.39, 0.29) is 5.91 Å². The molecule has 0 aliphatic carbocycles. The Balaban J connectivity index is 2.45. The van der Waals surface area contributed by atoms with E-state index in [1.807, 2.05) is 45.9 Å². The molecule has 0 spiro atoms. The number of ether oxygens (including phenoxy) is 1. The van der Waals surface area contributed by atoms with Crippen LogP contribution in [0.15, 0.2) is 29.8 Å². The van der Waals surface area contributed by atoms with Crippen LogP contribution in [0.3, 0.4) is 0 Å². The van der Waals surface area contributed by atoms with Crippen molar-refractivity contribution in [1.29, 1.82) is 0 Å². The minimum absolute atomic E-state index is 0.0110. The van der Waals surface area contributed by atoms with E-state index in [0.29, 0.717) is 13.1 Å². The number of fused-ring (bicyclic) bond motifs is 1. The van der Waals surface area contributed by atoms with Crippen molar-refractivity contribution in [2.75, 3.05) is 11.4 Å². The van der Waals surface area contributed by atoms with E-state index in [1.165, 1.54) is 0 Å². The smallest absolute Gasteiger partial charge is 0.251 e. The van der Waals surface area contributed by atoms with Gasteiger partial charge in [0.05, 0.1) is 12.2 Å². The number of carbonyl (C=O) groups is 1. The highest BCUT2D eigenvalue weighted by atomic mass is 16.5. The Kier molecular flexibility index (Phi) is 3.86. The molecule has 1 amide bonds. The molecule has 0 saturated carbocycles. The first-order valence-electron chi connectivity index (χ1n) is 6.81. The van der Waals surface area contributed by atoms with Gasteiger partial charge in [-0.1, -0.05) is 11.6 Å². The minimum Gasteiger partial charge on any atom is -0.484 e. The second kappa shape index (κ2) is 5.29. The van der Waals surface area contributed by atoms with Gasteiger partial charge in [0.2, 0.25) is 0 Å². The van der Waals surface area contributed by atoms with Crippen LogP contribution in [0, 0.1) is 0 Å². The van der Waals surface area contributed by atoms with E-state index >= 15 is 0 Å². The first kappa shape index (κ1) is 14.6. The maximum absolute atomic E-state index is 12.4. The van der Waals surface area contributed by atoms with Crippen molar-refractivity contribution in [3.63, 3.8) is 0 Å². The number of nitrogens with two attached hydrogens (primary N) is 1. The SMILES string of the molecule is CC(C)=CC(=O)N1CC(C)(C)Oc2cc(CN)ccc21. The van der Waals surface area contributed by atoms with E-state index in [9.17, 15) is 4.79 Å². The summed E-state index contributed by atoms with van der Waals surface area (Å²) in [4.78, 5) is 14.2. The number of hydrogen-bond donors (Lipinski definition) is 1. The van der Waals surface area contributed by atoms with Crippen molar-refractivity contribution in [1.82, 2.24) is 0 Å². The molecule has 1 aliphatic rings. The zero-order valence-corrected chi connectivity index (χ0v) is 12.6. The van der Waals surface area contributed by atoms with Gasteiger partial charge < -0.3 is 15.4 Å². The van der Waals surface area contributed by atoms with E-state index in [1.54, 1.807) is 11.0 Å². The van der Waals surface area contributed by atoms with E-state index < -0.39 is 5.60 Å². The highest BCUT2D eigenvalue weighted by molar-refractivity contribution is 6.03. The molecule has 0 radical (unpaired) electrons. The molecule has 2 rings (SSSR count). The van der Waals surface area contributed by atoms with Gasteiger partial charge in [-0.25, -0.2) is 0 Å². The second-order valence-corrected chi connectivity index (χ2v) is 6.01. The highest BCUT2D eigenvalue weighted by Crippen LogP contribution is 2.37. The van der Waals surface area contributed by atoms with E-state index in [4.69, 9.17) is 10.5 Å². The second-order valence-electron chi connectivity index (χ2n) is 6.01. The van der Waals surface area contributed by atoms with Crippen LogP contribution in [-0.2, 0) is 11.3 Å². The van der Waals surface area contributed by atoms with Gasteiger partial charge in [-0.05, 0) is 45.4 Å². The Hall–Kier alpha value is -1.81. The average molecular weight is 274 g/mol. The molecule has 2 N–H and O–H groups in total. The third-order valence-corrected chi connectivity index (χ3v) is 3.15. The van der Waals surface area contributed by atoms with Crippen LogP contribution < -0.4 is 15.4 Å². The number of nitrogens with zero attached hydrogens (tertiary/aromatic N) is 1. The molecule has 1 aliphatic heterocycles. The standard InChI is InChI=1S/C16H22N2O2/c1-11(2)7-15(19)18-10-16(3,4)20-14-8-12(9-17)5-6-13(14)18/h5-8H,9-10,17H2,1-4H3. The predicted octanol–water partition coefficient (Wildman–Crippen LogP) is 2.62. The Labute approximate surface area is 120 Å². The van der Waals surface area contributed by atoms with Crippen molar-refractivity contribution in [3.8, 4) is 5.75 Å². The number of hydrogen-bond acceptors (Lipinski definition) is 3. The molecule has 4 heteroatoms. The lowest BCUT2D eigenvalue weighted by Crippen LogP contribution is -2.49. The van der Waals surface area contributed by atoms with Crippen LogP contribution in [-0.4, -0.2) is 18.1 Å². The maximum Gasteiger partial charge on any atom is 0.251 e. The first-order chi connectivity index (χ1) is 9.32. The number of rotatable bonds is 2. The maximum atomic E-state index is 12.4. The van der Waals surface area contributed by atoms with Gasteiger partial charge in [0.25, 0.3) is 5.91 Å². The molecule has 20 heavy (non-hydrogen) atoms. The van der Waals surface area contributed by atoms with E-state index in [0.717, 1.165) is 22.6 Å². The van der Waals surface area contributed by atoms with Crippen molar-refractivity contribution in [2.24, 2.45) is 5.73 Å². The molecule has 0 unspecified atom stereocenters. The number of carbonyl (C=O) groups excluding carboxylic acids is 1. The van der Waals surface area contributed by atoms with Gasteiger partial charge in [0.15, 0.2) is 0 Å². The fourth-order valence-corrected chi connectivity index (χ4v) is 2.31. The van der Waals surface area contributed by atoms with Gasteiger partial charge in [-0.3, -0.25) is 4.79 Å². The summed E-state index contributed by atoms with van der Waals surface area (Å²) in [6.45, 7) is 8.79. The third-order valence-electron chi connectivity index (χ3n) is 3.15. The van der Waals surface area contributed by atoms with Crippen LogP contribution in [0.5, 0.6) is 5.75 Å². The first-order valence-corrected chi connectivity index (χ1v) is 6.81. The van der Waals surface area contributed by atoms with Gasteiger partial charge >= 0.3 is 0 Å². The highest BCUT2D eigenvalue weighted by Gasteiger charge is 2.34. The molecule has 1 aromatic rings. The molecule has 1 aromatic carbocycles. The lowest BCUT2D eigenvalue weighted by molar-refractivity contribution is -0.115. The molecule has 108 valence electrons. The average Bonchev–Trinajstić information content (AvgIpc) is 2.34. The molecule has 4 nitrogen and oxygen atoms in total. The van der Waals surface area contributed by atoms with Crippen LogP contribution in [0.4, 0.5) is 5.69 Å². The van der Waals surface area contributed by atoms with Crippen molar-refractivity contribution < 1.29 is 9.53 Å². The molecule has 0 aromatic heterocycles. The number of anilines is 1. The number of allylic oxidation sites excluding steroid dienone is 1. The van der Waals surface area contributed by atoms with Crippen molar-refractivity contribution in [3.05, 3.63) is 35.4 Å². The normalized spacial score (nSPS) is 16.1. The largest absolute Gasteiger partial charge is 0.484 e. The van der Waals surface area contributed by atoms with Crippen LogP contribution in [0.1, 0.15) is 33.3 Å². The Morgan fingerprint density at radius 3 is 2.75 bits per heavy atom. The van der Waals surface area contributed by atoms with Gasteiger partial charge in [0, 0.05) is 12.6 Å². The van der Waals surface area contributed by atoms with Crippen LogP contribution in [0.2, 0.25) is 0 Å². The topological polar surface area (TPSA) is 55.6 Å². The van der Waals surface area contributed by atoms with Crippen LogP contribution >= 0.6 is 0 Å². The number of amides is 1. The summed E-state index contributed by atoms with van der Waals surface area (Å²) in [6, 6.07) is 5.76. The zero-order valence-electron chi connectivity index (χ0n) is 12.6. The summed E-state index contributed by atoms with van der Waals surface area (Å²) in [5.41, 5.74) is 8.05. The minimum atomic E-state index is -0.411. The lowest BCUT2D eigenvalue weighted by atomic mass is 10.0. The van der Waals surface area contributed by atoms with Gasteiger partial charge in [-0.15, -0.1) is 0 Å². The summed E-state index contributed by atoms with van der Waals surface area (Å²) in [5, 5.41) is 0.